The van der Waals surface area contributed by atoms with Gasteiger partial charge in [0.05, 0.1) is 0 Å². The Morgan fingerprint density at radius 1 is 1.48 bits per heavy atom. The highest BCUT2D eigenvalue weighted by atomic mass is 32.1. The van der Waals surface area contributed by atoms with Crippen LogP contribution in [0, 0.1) is 0 Å². The lowest BCUT2D eigenvalue weighted by atomic mass is 10.2. The Bertz CT molecular complexity index is 789. The summed E-state index contributed by atoms with van der Waals surface area (Å²) in [6.45, 7) is 2.03. The molecule has 0 spiro atoms. The van der Waals surface area contributed by atoms with Gasteiger partial charge in [-0.05, 0) is 13.0 Å². The summed E-state index contributed by atoms with van der Waals surface area (Å²) in [4.78, 5) is 22.3. The molecule has 2 atom stereocenters. The molecule has 0 unspecified atom stereocenters. The number of nitrogens with one attached hydrogen (secondary N) is 1. The predicted octanol–water partition coefficient (Wildman–Crippen LogP) is 3.14. The average molecular weight is 398 g/mol. The predicted molar refractivity (Wildman–Crippen MR) is 96.2 cm³/mol. The molecule has 1 amide bonds. The third-order valence-electron chi connectivity index (χ3n) is 4.08. The topological polar surface area (TPSA) is 76.6 Å². The van der Waals surface area contributed by atoms with Crippen molar-refractivity contribution in [2.24, 2.45) is 0 Å². The highest BCUT2D eigenvalue weighted by Crippen LogP contribution is 2.28. The number of nitrogens with zero attached hydrogens (tertiary/aromatic N) is 3. The minimum Gasteiger partial charge on any atom is -0.489 e. The number of amides is 1. The number of anilines is 1. The Labute approximate surface area is 159 Å². The molecule has 0 bridgehead atoms. The van der Waals surface area contributed by atoms with E-state index in [0.29, 0.717) is 30.0 Å². The van der Waals surface area contributed by atoms with Crippen molar-refractivity contribution in [1.82, 2.24) is 14.9 Å². The van der Waals surface area contributed by atoms with Gasteiger partial charge in [0.2, 0.25) is 11.8 Å². The number of hydrogen-bond acceptors (Lipinski definition) is 7. The molecule has 1 saturated heterocycles. The second-order valence-electron chi connectivity index (χ2n) is 6.28. The molecule has 0 aromatic carbocycles. The maximum Gasteiger partial charge on any atom is 0.388 e. The fourth-order valence-electron chi connectivity index (χ4n) is 2.95. The summed E-state index contributed by atoms with van der Waals surface area (Å²) in [5.41, 5.74) is 0. The first-order valence-corrected chi connectivity index (χ1v) is 9.24. The third-order valence-corrected chi connectivity index (χ3v) is 4.98. The van der Waals surface area contributed by atoms with Crippen LogP contribution in [-0.2, 0) is 11.3 Å². The molecule has 7 nitrogen and oxygen atoms in total. The molecular formula is C17H20F2N4O3S. The van der Waals surface area contributed by atoms with Crippen molar-refractivity contribution in [3.8, 4) is 11.6 Å². The van der Waals surface area contributed by atoms with Crippen molar-refractivity contribution in [3.05, 3.63) is 29.4 Å². The number of pyridine rings is 1. The number of thiazole rings is 1. The van der Waals surface area contributed by atoms with E-state index in [0.717, 1.165) is 11.3 Å². The zero-order valence-corrected chi connectivity index (χ0v) is 15.7. The minimum absolute atomic E-state index is 0.0652. The number of carbonyl (C=O) groups excluding carboxylic acids is 1. The van der Waals surface area contributed by atoms with Gasteiger partial charge >= 0.3 is 6.61 Å². The monoisotopic (exact) mass is 398 g/mol. The number of ether oxygens (including phenoxy) is 2. The quantitative estimate of drug-likeness (QED) is 0.772. The van der Waals surface area contributed by atoms with E-state index < -0.39 is 6.61 Å². The number of hydrogen-bond donors (Lipinski definition) is 1. The number of carbonyl (C=O) groups is 1. The highest BCUT2D eigenvalue weighted by Gasteiger charge is 2.31. The van der Waals surface area contributed by atoms with Crippen molar-refractivity contribution in [2.75, 3.05) is 11.9 Å². The van der Waals surface area contributed by atoms with E-state index in [9.17, 15) is 13.6 Å². The van der Waals surface area contributed by atoms with E-state index in [1.165, 1.54) is 30.5 Å². The number of rotatable bonds is 7. The fraction of sp³-hybridized carbons (Fsp3) is 0.471. The zero-order chi connectivity index (χ0) is 19.4. The van der Waals surface area contributed by atoms with Crippen LogP contribution in [0.4, 0.5) is 13.9 Å². The largest absolute Gasteiger partial charge is 0.489 e. The summed E-state index contributed by atoms with van der Waals surface area (Å²) >= 11 is 1.44. The summed E-state index contributed by atoms with van der Waals surface area (Å²) < 4.78 is 34.8. The summed E-state index contributed by atoms with van der Waals surface area (Å²) in [6.07, 6.45) is 3.88. The first-order chi connectivity index (χ1) is 12.9. The minimum atomic E-state index is -2.92. The van der Waals surface area contributed by atoms with Gasteiger partial charge < -0.3 is 14.8 Å². The van der Waals surface area contributed by atoms with Crippen LogP contribution in [0.1, 0.15) is 25.1 Å². The van der Waals surface area contributed by atoms with Gasteiger partial charge in [-0.1, -0.05) is 0 Å². The SMILES string of the molecule is CC(=O)Nc1ncc(CN2C[C@H](Oc3ccnc(OC(F)F)c3)C[C@@H]2C)s1. The van der Waals surface area contributed by atoms with Gasteiger partial charge in [0, 0.05) is 55.8 Å². The van der Waals surface area contributed by atoms with E-state index in [2.05, 4.69) is 31.8 Å². The lowest BCUT2D eigenvalue weighted by Crippen LogP contribution is -2.27. The Kier molecular flexibility index (Phi) is 6.17. The number of halogens is 2. The van der Waals surface area contributed by atoms with Crippen molar-refractivity contribution in [2.45, 2.75) is 45.6 Å². The van der Waals surface area contributed by atoms with Gasteiger partial charge in [-0.25, -0.2) is 9.97 Å². The highest BCUT2D eigenvalue weighted by molar-refractivity contribution is 7.15. The number of likely N-dealkylation sites (tertiary alicyclic amines) is 1. The normalized spacial score (nSPS) is 20.0. The summed E-state index contributed by atoms with van der Waals surface area (Å²) in [6, 6.07) is 3.27. The van der Waals surface area contributed by atoms with Gasteiger partial charge in [0.1, 0.15) is 11.9 Å². The number of alkyl halides is 2. The maximum atomic E-state index is 12.3. The lowest BCUT2D eigenvalue weighted by Gasteiger charge is -2.19. The van der Waals surface area contributed by atoms with Crippen LogP contribution >= 0.6 is 11.3 Å². The second kappa shape index (κ2) is 8.57. The molecule has 27 heavy (non-hydrogen) atoms. The van der Waals surface area contributed by atoms with Crippen LogP contribution in [0.5, 0.6) is 11.6 Å². The van der Waals surface area contributed by atoms with E-state index >= 15 is 0 Å². The van der Waals surface area contributed by atoms with E-state index in [-0.39, 0.29) is 17.9 Å². The molecule has 0 saturated carbocycles. The molecule has 1 N–H and O–H groups in total. The zero-order valence-electron chi connectivity index (χ0n) is 14.9. The molecule has 1 aliphatic rings. The standard InChI is InChI=1S/C17H20F2N4O3S/c1-10-5-13(25-12-3-4-20-15(6-12)26-16(18)19)8-23(10)9-14-7-21-17(27-14)22-11(2)24/h3-4,6-7,10,13,16H,5,8-9H2,1-2H3,(H,21,22,24)/t10-,13+/m0/s1. The van der Waals surface area contributed by atoms with Crippen LogP contribution in [-0.4, -0.2) is 46.1 Å². The molecule has 0 aliphatic carbocycles. The smallest absolute Gasteiger partial charge is 0.388 e. The summed E-state index contributed by atoms with van der Waals surface area (Å²) in [5, 5.41) is 3.26. The van der Waals surface area contributed by atoms with Crippen LogP contribution in [0.2, 0.25) is 0 Å². The van der Waals surface area contributed by atoms with E-state index in [4.69, 9.17) is 4.74 Å². The molecule has 0 radical (unpaired) electrons. The molecule has 1 fully saturated rings. The fourth-order valence-corrected chi connectivity index (χ4v) is 3.84. The molecule has 1 aliphatic heterocycles. The molecule has 10 heteroatoms. The van der Waals surface area contributed by atoms with Crippen molar-refractivity contribution < 1.29 is 23.0 Å². The van der Waals surface area contributed by atoms with E-state index in [1.807, 2.05) is 0 Å². The Morgan fingerprint density at radius 3 is 3.04 bits per heavy atom. The van der Waals surface area contributed by atoms with Gasteiger partial charge in [-0.15, -0.1) is 11.3 Å². The summed E-state index contributed by atoms with van der Waals surface area (Å²) in [5.74, 6) is 0.137. The average Bonchev–Trinajstić information content (AvgIpc) is 3.13. The van der Waals surface area contributed by atoms with Gasteiger partial charge in [-0.2, -0.15) is 8.78 Å². The molecule has 3 rings (SSSR count). The van der Waals surface area contributed by atoms with Gasteiger partial charge in [0.25, 0.3) is 0 Å². The van der Waals surface area contributed by atoms with Crippen LogP contribution in [0.3, 0.4) is 0 Å². The Balaban J connectivity index is 1.56. The third kappa shape index (κ3) is 5.57. The molecule has 3 heterocycles. The van der Waals surface area contributed by atoms with E-state index in [1.54, 1.807) is 12.3 Å². The number of aromatic nitrogens is 2. The van der Waals surface area contributed by atoms with Gasteiger partial charge in [0.15, 0.2) is 5.13 Å². The van der Waals surface area contributed by atoms with Crippen LogP contribution in [0.15, 0.2) is 24.5 Å². The van der Waals surface area contributed by atoms with Crippen molar-refractivity contribution >= 4 is 22.4 Å². The van der Waals surface area contributed by atoms with Gasteiger partial charge in [-0.3, -0.25) is 9.69 Å². The van der Waals surface area contributed by atoms with Crippen molar-refractivity contribution in [1.29, 1.82) is 0 Å². The second-order valence-corrected chi connectivity index (χ2v) is 7.39. The molecule has 2 aromatic rings. The lowest BCUT2D eigenvalue weighted by molar-refractivity contribution is -0.114. The summed E-state index contributed by atoms with van der Waals surface area (Å²) in [7, 11) is 0. The maximum absolute atomic E-state index is 12.3. The van der Waals surface area contributed by atoms with Crippen LogP contribution < -0.4 is 14.8 Å². The van der Waals surface area contributed by atoms with Crippen LogP contribution in [0.25, 0.3) is 0 Å². The van der Waals surface area contributed by atoms with Crippen molar-refractivity contribution in [3.63, 3.8) is 0 Å². The first-order valence-electron chi connectivity index (χ1n) is 8.43. The molecule has 146 valence electrons. The molecule has 2 aromatic heterocycles. The molecular weight excluding hydrogens is 378 g/mol. The first kappa shape index (κ1) is 19.4. The Hall–Kier alpha value is -2.33. The Morgan fingerprint density at radius 2 is 2.30 bits per heavy atom.